The third kappa shape index (κ3) is 2.99. The van der Waals surface area contributed by atoms with Crippen LogP contribution in [0.3, 0.4) is 0 Å². The van der Waals surface area contributed by atoms with Gasteiger partial charge in [0.05, 0.1) is 12.2 Å². The molecule has 2 amide bonds. The molecule has 0 radical (unpaired) electrons. The summed E-state index contributed by atoms with van der Waals surface area (Å²) in [5.41, 5.74) is 2.04. The Morgan fingerprint density at radius 2 is 2.14 bits per heavy atom. The molecule has 21 heavy (non-hydrogen) atoms. The number of urea groups is 1. The first-order chi connectivity index (χ1) is 10.2. The summed E-state index contributed by atoms with van der Waals surface area (Å²) in [6, 6.07) is 6.41. The van der Waals surface area contributed by atoms with E-state index < -0.39 is 0 Å². The van der Waals surface area contributed by atoms with E-state index in [2.05, 4.69) is 12.2 Å². The van der Waals surface area contributed by atoms with Gasteiger partial charge in [0.15, 0.2) is 0 Å². The van der Waals surface area contributed by atoms with Crippen LogP contribution in [0.15, 0.2) is 18.2 Å². The average molecular weight is 288 g/mol. The second-order valence-electron chi connectivity index (χ2n) is 6.16. The highest BCUT2D eigenvalue weighted by molar-refractivity contribution is 5.94. The Labute approximate surface area is 126 Å². The van der Waals surface area contributed by atoms with Crippen molar-refractivity contribution < 1.29 is 9.53 Å². The zero-order valence-electron chi connectivity index (χ0n) is 12.9. The summed E-state index contributed by atoms with van der Waals surface area (Å²) in [7, 11) is 0. The van der Waals surface area contributed by atoms with E-state index in [1.54, 1.807) is 0 Å². The third-order valence-corrected chi connectivity index (χ3v) is 4.47. The number of benzene rings is 1. The number of aryl methyl sites for hydroxylation is 1. The number of nitrogens with zero attached hydrogens (tertiary/aromatic N) is 1. The number of fused-ring (bicyclic) bond motifs is 1. The number of rotatable bonds is 2. The number of nitrogens with one attached hydrogen (secondary N) is 1. The minimum absolute atomic E-state index is 0.0236. The summed E-state index contributed by atoms with van der Waals surface area (Å²) >= 11 is 0. The van der Waals surface area contributed by atoms with Crippen molar-refractivity contribution in [2.24, 2.45) is 0 Å². The van der Waals surface area contributed by atoms with Crippen molar-refractivity contribution in [1.82, 2.24) is 5.32 Å². The van der Waals surface area contributed by atoms with E-state index in [4.69, 9.17) is 4.74 Å². The van der Waals surface area contributed by atoms with Gasteiger partial charge in [-0.2, -0.15) is 0 Å². The molecule has 3 rings (SSSR count). The van der Waals surface area contributed by atoms with Crippen molar-refractivity contribution in [2.75, 3.05) is 11.4 Å². The van der Waals surface area contributed by atoms with Crippen LogP contribution >= 0.6 is 0 Å². The first-order valence-corrected chi connectivity index (χ1v) is 8.02. The molecular formula is C17H24N2O2. The molecule has 0 saturated heterocycles. The molecule has 1 aromatic carbocycles. The molecule has 2 aliphatic rings. The normalized spacial score (nSPS) is 21.8. The molecule has 1 aromatic rings. The van der Waals surface area contributed by atoms with Gasteiger partial charge in [-0.25, -0.2) is 4.79 Å². The van der Waals surface area contributed by atoms with Gasteiger partial charge in [-0.05, 0) is 43.9 Å². The van der Waals surface area contributed by atoms with E-state index >= 15 is 0 Å². The second-order valence-corrected chi connectivity index (χ2v) is 6.16. The molecule has 114 valence electrons. The fourth-order valence-corrected chi connectivity index (χ4v) is 3.18. The van der Waals surface area contributed by atoms with Crippen molar-refractivity contribution in [1.29, 1.82) is 0 Å². The molecule has 1 atom stereocenters. The van der Waals surface area contributed by atoms with E-state index in [1.807, 2.05) is 30.0 Å². The maximum atomic E-state index is 12.6. The molecule has 0 spiro atoms. The van der Waals surface area contributed by atoms with Crippen LogP contribution in [0.2, 0.25) is 0 Å². The highest BCUT2D eigenvalue weighted by Crippen LogP contribution is 2.35. The lowest BCUT2D eigenvalue weighted by Crippen LogP contribution is -2.50. The maximum Gasteiger partial charge on any atom is 0.322 e. The van der Waals surface area contributed by atoms with Crippen LogP contribution in [0.4, 0.5) is 10.5 Å². The Kier molecular flexibility index (Phi) is 4.04. The van der Waals surface area contributed by atoms with Crippen LogP contribution in [0.5, 0.6) is 5.75 Å². The molecule has 0 unspecified atom stereocenters. The summed E-state index contributed by atoms with van der Waals surface area (Å²) in [5.74, 6) is 0.820. The van der Waals surface area contributed by atoms with E-state index in [1.165, 1.54) is 12.8 Å². The molecule has 1 heterocycles. The quantitative estimate of drug-likeness (QED) is 0.903. The van der Waals surface area contributed by atoms with Gasteiger partial charge in [0.25, 0.3) is 0 Å². The summed E-state index contributed by atoms with van der Waals surface area (Å²) in [6.45, 7) is 4.77. The molecular weight excluding hydrogens is 264 g/mol. The fourth-order valence-electron chi connectivity index (χ4n) is 3.18. The van der Waals surface area contributed by atoms with Crippen LogP contribution < -0.4 is 15.0 Å². The second kappa shape index (κ2) is 5.96. The molecule has 1 aliphatic heterocycles. The minimum Gasteiger partial charge on any atom is -0.486 e. The van der Waals surface area contributed by atoms with E-state index in [0.717, 1.165) is 36.3 Å². The van der Waals surface area contributed by atoms with Gasteiger partial charge in [-0.1, -0.05) is 25.8 Å². The predicted molar refractivity (Wildman–Crippen MR) is 84.0 cm³/mol. The monoisotopic (exact) mass is 288 g/mol. The number of hydrogen-bond acceptors (Lipinski definition) is 2. The molecule has 4 nitrogen and oxygen atoms in total. The van der Waals surface area contributed by atoms with Crippen LogP contribution in [-0.4, -0.2) is 24.7 Å². The zero-order chi connectivity index (χ0) is 14.8. The fraction of sp³-hybridized carbons (Fsp3) is 0.588. The van der Waals surface area contributed by atoms with Crippen LogP contribution in [0.1, 0.15) is 44.6 Å². The summed E-state index contributed by atoms with van der Waals surface area (Å²) in [4.78, 5) is 14.5. The lowest BCUT2D eigenvalue weighted by molar-refractivity contribution is 0.185. The van der Waals surface area contributed by atoms with E-state index in [9.17, 15) is 4.79 Å². The maximum absolute atomic E-state index is 12.6. The summed E-state index contributed by atoms with van der Waals surface area (Å²) in [6.07, 6.45) is 5.64. The Hall–Kier alpha value is -1.71. The molecule has 1 saturated carbocycles. The molecule has 4 heteroatoms. The number of amides is 2. The van der Waals surface area contributed by atoms with Gasteiger partial charge in [0.1, 0.15) is 11.9 Å². The highest BCUT2D eigenvalue weighted by Gasteiger charge is 2.30. The Balaban J connectivity index is 1.82. The predicted octanol–water partition coefficient (Wildman–Crippen LogP) is 3.62. The Bertz CT molecular complexity index is 524. The number of ether oxygens (including phenoxy) is 1. The number of hydrogen-bond donors (Lipinski definition) is 1. The van der Waals surface area contributed by atoms with Crippen LogP contribution in [0.25, 0.3) is 0 Å². The van der Waals surface area contributed by atoms with Gasteiger partial charge in [-0.15, -0.1) is 0 Å². The first-order valence-electron chi connectivity index (χ1n) is 8.02. The Morgan fingerprint density at radius 3 is 2.86 bits per heavy atom. The smallest absolute Gasteiger partial charge is 0.322 e. The van der Waals surface area contributed by atoms with Crippen molar-refractivity contribution in [2.45, 2.75) is 58.1 Å². The van der Waals surface area contributed by atoms with Gasteiger partial charge >= 0.3 is 6.03 Å². The lowest BCUT2D eigenvalue weighted by atomic mass is 10.1. The molecule has 0 bridgehead atoms. The summed E-state index contributed by atoms with van der Waals surface area (Å²) in [5, 5.41) is 3.19. The largest absolute Gasteiger partial charge is 0.486 e. The SMILES string of the molecule is CC[C@H]1CN(C(=O)NC2CCCC2)c2cc(C)ccc2O1. The van der Waals surface area contributed by atoms with Gasteiger partial charge in [0, 0.05) is 6.04 Å². The number of carbonyl (C=O) groups excluding carboxylic acids is 1. The molecule has 1 aliphatic carbocycles. The van der Waals surface area contributed by atoms with Crippen molar-refractivity contribution in [3.05, 3.63) is 23.8 Å². The van der Waals surface area contributed by atoms with Crippen LogP contribution in [-0.2, 0) is 0 Å². The average Bonchev–Trinajstić information content (AvgIpc) is 2.99. The van der Waals surface area contributed by atoms with Crippen molar-refractivity contribution in [3.8, 4) is 5.75 Å². The van der Waals surface area contributed by atoms with Gasteiger partial charge < -0.3 is 10.1 Å². The molecule has 0 aromatic heterocycles. The van der Waals surface area contributed by atoms with E-state index in [0.29, 0.717) is 12.6 Å². The lowest BCUT2D eigenvalue weighted by Gasteiger charge is -2.35. The van der Waals surface area contributed by atoms with Crippen LogP contribution in [0, 0.1) is 6.92 Å². The molecule has 1 N–H and O–H groups in total. The topological polar surface area (TPSA) is 41.6 Å². The standard InChI is InChI=1S/C17H24N2O2/c1-3-14-11-19(17(20)18-13-6-4-5-7-13)15-10-12(2)8-9-16(15)21-14/h8-10,13-14H,3-7,11H2,1-2H3,(H,18,20)/t14-/m0/s1. The zero-order valence-corrected chi connectivity index (χ0v) is 12.9. The minimum atomic E-state index is 0.0236. The van der Waals surface area contributed by atoms with Gasteiger partial charge in [-0.3, -0.25) is 4.90 Å². The van der Waals surface area contributed by atoms with Crippen molar-refractivity contribution >= 4 is 11.7 Å². The third-order valence-electron chi connectivity index (χ3n) is 4.47. The van der Waals surface area contributed by atoms with E-state index in [-0.39, 0.29) is 12.1 Å². The summed E-state index contributed by atoms with van der Waals surface area (Å²) < 4.78 is 5.96. The highest BCUT2D eigenvalue weighted by atomic mass is 16.5. The van der Waals surface area contributed by atoms with Crippen molar-refractivity contribution in [3.63, 3.8) is 0 Å². The van der Waals surface area contributed by atoms with Gasteiger partial charge in [0.2, 0.25) is 0 Å². The Morgan fingerprint density at radius 1 is 1.38 bits per heavy atom. The molecule has 1 fully saturated rings. The number of carbonyl (C=O) groups is 1. The first kappa shape index (κ1) is 14.2. The number of anilines is 1.